The van der Waals surface area contributed by atoms with Gasteiger partial charge in [0.2, 0.25) is 0 Å². The lowest BCUT2D eigenvalue weighted by Gasteiger charge is -2.16. The maximum Gasteiger partial charge on any atom is 0.312 e. The number of fused-ring (bicyclic) bond motifs is 1. The molecule has 7 nitrogen and oxygen atoms in total. The van der Waals surface area contributed by atoms with Gasteiger partial charge in [-0.05, 0) is 19.3 Å². The third-order valence-electron chi connectivity index (χ3n) is 3.12. The number of aliphatic carboxylic acids is 1. The van der Waals surface area contributed by atoms with E-state index in [-0.39, 0.29) is 0 Å². The first-order chi connectivity index (χ1) is 9.24. The van der Waals surface area contributed by atoms with Gasteiger partial charge in [0, 0.05) is 4.88 Å². The Morgan fingerprint density at radius 2 is 2.53 bits per heavy atom. The summed E-state index contributed by atoms with van der Waals surface area (Å²) in [6.07, 6.45) is 3.95. The number of nitrogens with zero attached hydrogens (tertiary/aromatic N) is 3. The average Bonchev–Trinajstić information content (AvgIpc) is 3.04. The van der Waals surface area contributed by atoms with Gasteiger partial charge in [0.15, 0.2) is 5.13 Å². The van der Waals surface area contributed by atoms with Crippen LogP contribution in [0.1, 0.15) is 35.2 Å². The zero-order valence-electron chi connectivity index (χ0n) is 10.1. The Morgan fingerprint density at radius 3 is 3.26 bits per heavy atom. The van der Waals surface area contributed by atoms with Gasteiger partial charge in [0.25, 0.3) is 0 Å². The number of aromatic nitrogens is 4. The lowest BCUT2D eigenvalue weighted by molar-refractivity contribution is -0.139. The minimum absolute atomic E-state index is 0.458. The van der Waals surface area contributed by atoms with E-state index in [4.69, 9.17) is 0 Å². The Hall–Kier alpha value is -1.96. The number of carboxylic acids is 1. The maximum absolute atomic E-state index is 11.2. The number of rotatable bonds is 4. The van der Waals surface area contributed by atoms with E-state index in [0.29, 0.717) is 13.0 Å². The lowest BCUT2D eigenvalue weighted by Crippen LogP contribution is -2.17. The van der Waals surface area contributed by atoms with Crippen LogP contribution < -0.4 is 5.32 Å². The van der Waals surface area contributed by atoms with E-state index in [9.17, 15) is 9.90 Å². The molecule has 0 saturated carbocycles. The summed E-state index contributed by atoms with van der Waals surface area (Å²) in [5.41, 5.74) is 0.726. The molecule has 0 aliphatic heterocycles. The first kappa shape index (κ1) is 12.1. The molecular formula is C11H13N5O2S. The lowest BCUT2D eigenvalue weighted by atomic mass is 9.91. The van der Waals surface area contributed by atoms with Crippen LogP contribution in [0, 0.1) is 0 Å². The van der Waals surface area contributed by atoms with Crippen molar-refractivity contribution in [2.24, 2.45) is 0 Å². The highest BCUT2D eigenvalue weighted by Gasteiger charge is 2.29. The molecule has 2 aromatic heterocycles. The fraction of sp³-hybridized carbons (Fsp3) is 0.455. The number of anilines is 1. The largest absolute Gasteiger partial charge is 0.481 e. The Morgan fingerprint density at radius 1 is 1.63 bits per heavy atom. The monoisotopic (exact) mass is 279 g/mol. The van der Waals surface area contributed by atoms with Gasteiger partial charge in [0.1, 0.15) is 18.1 Å². The Kier molecular flexibility index (Phi) is 3.16. The van der Waals surface area contributed by atoms with E-state index in [1.165, 1.54) is 17.7 Å². The van der Waals surface area contributed by atoms with Gasteiger partial charge in [-0.2, -0.15) is 5.10 Å². The maximum atomic E-state index is 11.2. The molecule has 0 fully saturated rings. The highest BCUT2D eigenvalue weighted by molar-refractivity contribution is 7.15. The van der Waals surface area contributed by atoms with Crippen LogP contribution in [-0.4, -0.2) is 31.2 Å². The molecule has 1 atom stereocenters. The van der Waals surface area contributed by atoms with Gasteiger partial charge in [-0.25, -0.2) is 9.97 Å². The molecule has 1 aliphatic carbocycles. The van der Waals surface area contributed by atoms with Gasteiger partial charge in [0.05, 0.1) is 12.2 Å². The Labute approximate surface area is 113 Å². The third kappa shape index (κ3) is 2.43. The van der Waals surface area contributed by atoms with Crippen molar-refractivity contribution < 1.29 is 9.90 Å². The molecule has 100 valence electrons. The number of carboxylic acid groups (broad SMARTS) is 1. The van der Waals surface area contributed by atoms with Crippen LogP contribution in [0.2, 0.25) is 0 Å². The van der Waals surface area contributed by atoms with E-state index >= 15 is 0 Å². The van der Waals surface area contributed by atoms with E-state index in [0.717, 1.165) is 34.4 Å². The van der Waals surface area contributed by atoms with Crippen molar-refractivity contribution in [2.75, 3.05) is 5.32 Å². The zero-order valence-corrected chi connectivity index (χ0v) is 10.9. The molecule has 1 unspecified atom stereocenters. The SMILES string of the molecule is O=C(O)C1CCCc2sc(NCc3ncn[nH]3)nc21. The smallest absolute Gasteiger partial charge is 0.312 e. The van der Waals surface area contributed by atoms with E-state index in [1.54, 1.807) is 0 Å². The van der Waals surface area contributed by atoms with E-state index in [1.807, 2.05) is 0 Å². The summed E-state index contributed by atoms with van der Waals surface area (Å²) in [4.78, 5) is 20.7. The van der Waals surface area contributed by atoms with Crippen LogP contribution in [0.3, 0.4) is 0 Å². The van der Waals surface area contributed by atoms with Gasteiger partial charge in [-0.15, -0.1) is 11.3 Å². The summed E-state index contributed by atoms with van der Waals surface area (Å²) in [6.45, 7) is 0.504. The first-order valence-corrected chi connectivity index (χ1v) is 6.86. The van der Waals surface area contributed by atoms with E-state index < -0.39 is 11.9 Å². The fourth-order valence-electron chi connectivity index (χ4n) is 2.21. The van der Waals surface area contributed by atoms with Crippen molar-refractivity contribution >= 4 is 22.4 Å². The van der Waals surface area contributed by atoms with Crippen molar-refractivity contribution in [3.8, 4) is 0 Å². The minimum atomic E-state index is -0.784. The molecule has 0 saturated heterocycles. The van der Waals surface area contributed by atoms with E-state index in [2.05, 4.69) is 25.5 Å². The molecule has 2 heterocycles. The zero-order chi connectivity index (χ0) is 13.2. The van der Waals surface area contributed by atoms with Crippen molar-refractivity contribution in [2.45, 2.75) is 31.7 Å². The second-order valence-corrected chi connectivity index (χ2v) is 5.48. The van der Waals surface area contributed by atoms with Gasteiger partial charge in [-0.1, -0.05) is 0 Å². The molecule has 1 aliphatic rings. The highest BCUT2D eigenvalue weighted by atomic mass is 32.1. The molecule has 2 aromatic rings. The number of hydrogen-bond donors (Lipinski definition) is 3. The summed E-state index contributed by atoms with van der Waals surface area (Å²) in [5, 5.41) is 19.6. The van der Waals surface area contributed by atoms with Crippen LogP contribution in [0.5, 0.6) is 0 Å². The number of nitrogens with one attached hydrogen (secondary N) is 2. The second kappa shape index (κ2) is 4.96. The highest BCUT2D eigenvalue weighted by Crippen LogP contribution is 2.36. The molecule has 0 radical (unpaired) electrons. The van der Waals surface area contributed by atoms with Crippen molar-refractivity contribution in [3.05, 3.63) is 22.7 Å². The molecule has 8 heteroatoms. The molecule has 3 rings (SSSR count). The predicted molar refractivity (Wildman–Crippen MR) is 69.1 cm³/mol. The average molecular weight is 279 g/mol. The summed E-state index contributed by atoms with van der Waals surface area (Å²) in [5.74, 6) is -0.517. The van der Waals surface area contributed by atoms with Crippen LogP contribution in [-0.2, 0) is 17.8 Å². The number of aryl methyl sites for hydroxylation is 1. The second-order valence-electron chi connectivity index (χ2n) is 4.40. The molecule has 0 amide bonds. The van der Waals surface area contributed by atoms with Crippen LogP contribution in [0.4, 0.5) is 5.13 Å². The molecule has 0 spiro atoms. The molecule has 3 N–H and O–H groups in total. The van der Waals surface area contributed by atoms with Crippen molar-refractivity contribution in [3.63, 3.8) is 0 Å². The normalized spacial score (nSPS) is 18.0. The number of hydrogen-bond acceptors (Lipinski definition) is 6. The topological polar surface area (TPSA) is 104 Å². The number of thiazole rings is 1. The summed E-state index contributed by atoms with van der Waals surface area (Å²) < 4.78 is 0. The summed E-state index contributed by atoms with van der Waals surface area (Å²) >= 11 is 1.53. The van der Waals surface area contributed by atoms with Gasteiger partial charge < -0.3 is 10.4 Å². The minimum Gasteiger partial charge on any atom is -0.481 e. The van der Waals surface area contributed by atoms with Crippen LogP contribution >= 0.6 is 11.3 Å². The molecule has 0 aromatic carbocycles. The van der Waals surface area contributed by atoms with Crippen LogP contribution in [0.25, 0.3) is 0 Å². The standard InChI is InChI=1S/C11H13N5O2S/c17-10(18)6-2-1-3-7-9(6)15-11(19-7)12-4-8-13-5-14-16-8/h5-6H,1-4H2,(H,12,15)(H,17,18)(H,13,14,16). The van der Waals surface area contributed by atoms with Gasteiger partial charge in [-0.3, -0.25) is 9.89 Å². The molecule has 0 bridgehead atoms. The molecule has 19 heavy (non-hydrogen) atoms. The summed E-state index contributed by atoms with van der Waals surface area (Å²) in [6, 6.07) is 0. The van der Waals surface area contributed by atoms with Crippen molar-refractivity contribution in [1.82, 2.24) is 20.2 Å². The number of H-pyrrole nitrogens is 1. The quantitative estimate of drug-likeness (QED) is 0.781. The van der Waals surface area contributed by atoms with Gasteiger partial charge >= 0.3 is 5.97 Å². The van der Waals surface area contributed by atoms with Crippen LogP contribution in [0.15, 0.2) is 6.33 Å². The Balaban J connectivity index is 1.76. The predicted octanol–water partition coefficient (Wildman–Crippen LogP) is 1.38. The fourth-order valence-corrected chi connectivity index (χ4v) is 3.27. The first-order valence-electron chi connectivity index (χ1n) is 6.04. The Bertz CT molecular complexity index is 580. The summed E-state index contributed by atoms with van der Waals surface area (Å²) in [7, 11) is 0. The number of carbonyl (C=O) groups is 1. The molecular weight excluding hydrogens is 266 g/mol. The third-order valence-corrected chi connectivity index (χ3v) is 4.21. The van der Waals surface area contributed by atoms with Crippen molar-refractivity contribution in [1.29, 1.82) is 0 Å². The number of aromatic amines is 1.